The molecule has 12 heavy (non-hydrogen) atoms. The molecule has 2 heteroatoms. The Morgan fingerprint density at radius 2 is 2.25 bits per heavy atom. The lowest BCUT2D eigenvalue weighted by Crippen LogP contribution is -1.92. The molecule has 0 spiro atoms. The summed E-state index contributed by atoms with van der Waals surface area (Å²) in [5, 5.41) is 0.236. The molecule has 0 bridgehead atoms. The molecule has 0 aliphatic carbocycles. The van der Waals surface area contributed by atoms with Crippen LogP contribution < -0.4 is 0 Å². The molecule has 1 aromatic rings. The van der Waals surface area contributed by atoms with Crippen LogP contribution in [0.3, 0.4) is 0 Å². The molecule has 1 aromatic carbocycles. The summed E-state index contributed by atoms with van der Waals surface area (Å²) >= 11 is 0. The Labute approximate surface area is 75.3 Å². The number of fused-ring (bicyclic) bond motifs is 1. The average Bonchev–Trinajstić information content (AvgIpc) is 2.31. The Hall–Kier alpha value is -0.630. The van der Waals surface area contributed by atoms with Gasteiger partial charge in [-0.25, -0.2) is 0 Å². The second-order valence-corrected chi connectivity index (χ2v) is 5.13. The Morgan fingerprint density at radius 3 is 3.00 bits per heavy atom. The predicted molar refractivity (Wildman–Crippen MR) is 51.4 cm³/mol. The molecule has 1 nitrogen and oxygen atoms in total. The largest absolute Gasteiger partial charge is 0.259 e. The molecule has 0 radical (unpaired) electrons. The lowest BCUT2D eigenvalue weighted by Gasteiger charge is -2.03. The van der Waals surface area contributed by atoms with Gasteiger partial charge >= 0.3 is 0 Å². The van der Waals surface area contributed by atoms with Crippen molar-refractivity contribution in [1.29, 1.82) is 0 Å². The summed E-state index contributed by atoms with van der Waals surface area (Å²) in [4.78, 5) is 0. The summed E-state index contributed by atoms with van der Waals surface area (Å²) in [5.41, 5.74) is 3.82. The quantitative estimate of drug-likeness (QED) is 0.599. The standard InChI is InChI=1S/C10H12OS/c1-7-3-4-9-6-12(11)8(2)10(9)5-7/h3-5,8H,6H2,1-2H3/t8-,12?/m1/s1. The molecule has 0 fully saturated rings. The Kier molecular flexibility index (Phi) is 1.80. The van der Waals surface area contributed by atoms with E-state index in [-0.39, 0.29) is 5.25 Å². The van der Waals surface area contributed by atoms with Crippen LogP contribution in [0.1, 0.15) is 28.9 Å². The highest BCUT2D eigenvalue weighted by Crippen LogP contribution is 2.33. The lowest BCUT2D eigenvalue weighted by molar-refractivity contribution is 0.679. The summed E-state index contributed by atoms with van der Waals surface area (Å²) in [6.07, 6.45) is 0. The van der Waals surface area contributed by atoms with Crippen molar-refractivity contribution in [2.45, 2.75) is 24.9 Å². The number of rotatable bonds is 0. The van der Waals surface area contributed by atoms with Crippen LogP contribution in [0, 0.1) is 6.92 Å². The van der Waals surface area contributed by atoms with Crippen molar-refractivity contribution in [3.05, 3.63) is 34.9 Å². The van der Waals surface area contributed by atoms with Gasteiger partial charge in [-0.2, -0.15) is 0 Å². The van der Waals surface area contributed by atoms with Gasteiger partial charge in [0.1, 0.15) is 0 Å². The first-order valence-electron chi connectivity index (χ1n) is 4.15. The summed E-state index contributed by atoms with van der Waals surface area (Å²) in [5.74, 6) is 0.747. The van der Waals surface area contributed by atoms with Crippen LogP contribution in [-0.2, 0) is 16.6 Å². The first-order chi connectivity index (χ1) is 5.68. The number of aryl methyl sites for hydroxylation is 1. The zero-order valence-electron chi connectivity index (χ0n) is 7.33. The van der Waals surface area contributed by atoms with E-state index in [1.165, 1.54) is 16.7 Å². The molecule has 0 saturated carbocycles. The van der Waals surface area contributed by atoms with Gasteiger partial charge < -0.3 is 0 Å². The Bertz CT molecular complexity index is 344. The van der Waals surface area contributed by atoms with Crippen LogP contribution in [0.4, 0.5) is 0 Å². The van der Waals surface area contributed by atoms with E-state index in [0.29, 0.717) is 0 Å². The molecule has 64 valence electrons. The van der Waals surface area contributed by atoms with Gasteiger partial charge in [-0.05, 0) is 25.0 Å². The molecule has 0 aromatic heterocycles. The SMILES string of the molecule is Cc1ccc2c(c1)[C@@H](C)S(=O)C2. The third-order valence-corrected chi connectivity index (χ3v) is 4.07. The molecular formula is C10H12OS. The Balaban J connectivity index is 2.55. The van der Waals surface area contributed by atoms with Crippen LogP contribution in [-0.4, -0.2) is 4.21 Å². The molecule has 0 amide bonds. The van der Waals surface area contributed by atoms with Crippen molar-refractivity contribution >= 4 is 10.8 Å². The van der Waals surface area contributed by atoms with Crippen LogP contribution >= 0.6 is 0 Å². The van der Waals surface area contributed by atoms with E-state index >= 15 is 0 Å². The van der Waals surface area contributed by atoms with E-state index in [0.717, 1.165) is 5.75 Å². The second-order valence-electron chi connectivity index (χ2n) is 3.37. The first kappa shape index (κ1) is 7.99. The average molecular weight is 180 g/mol. The minimum absolute atomic E-state index is 0.236. The van der Waals surface area contributed by atoms with Gasteiger partial charge in [-0.3, -0.25) is 4.21 Å². The summed E-state index contributed by atoms with van der Waals surface area (Å²) in [7, 11) is -0.672. The summed E-state index contributed by atoms with van der Waals surface area (Å²) < 4.78 is 11.5. The minimum Gasteiger partial charge on any atom is -0.259 e. The van der Waals surface area contributed by atoms with Gasteiger partial charge in [0.2, 0.25) is 0 Å². The molecule has 1 aliphatic rings. The highest BCUT2D eigenvalue weighted by Gasteiger charge is 2.24. The van der Waals surface area contributed by atoms with Crippen molar-refractivity contribution in [2.75, 3.05) is 0 Å². The van der Waals surface area contributed by atoms with Gasteiger partial charge in [-0.1, -0.05) is 23.8 Å². The third-order valence-electron chi connectivity index (χ3n) is 2.43. The summed E-state index contributed by atoms with van der Waals surface area (Å²) in [6.45, 7) is 4.12. The van der Waals surface area contributed by atoms with Gasteiger partial charge in [0.05, 0.1) is 5.25 Å². The number of benzene rings is 1. The molecule has 1 heterocycles. The fourth-order valence-corrected chi connectivity index (χ4v) is 2.97. The zero-order valence-corrected chi connectivity index (χ0v) is 8.15. The fraction of sp³-hybridized carbons (Fsp3) is 0.400. The van der Waals surface area contributed by atoms with Gasteiger partial charge in [0.25, 0.3) is 0 Å². The maximum absolute atomic E-state index is 11.5. The Morgan fingerprint density at radius 1 is 1.50 bits per heavy atom. The molecule has 0 saturated heterocycles. The third kappa shape index (κ3) is 1.11. The smallest absolute Gasteiger partial charge is 0.0575 e. The monoisotopic (exact) mass is 180 g/mol. The van der Waals surface area contributed by atoms with Crippen molar-refractivity contribution < 1.29 is 4.21 Å². The van der Waals surface area contributed by atoms with Crippen molar-refractivity contribution in [3.63, 3.8) is 0 Å². The molecule has 1 aliphatic heterocycles. The van der Waals surface area contributed by atoms with Crippen molar-refractivity contribution in [2.24, 2.45) is 0 Å². The molecule has 2 atom stereocenters. The number of hydrogen-bond acceptors (Lipinski definition) is 1. The molecule has 2 rings (SSSR count). The maximum Gasteiger partial charge on any atom is 0.0575 e. The van der Waals surface area contributed by atoms with E-state index in [4.69, 9.17) is 0 Å². The van der Waals surface area contributed by atoms with Crippen LogP contribution in [0.25, 0.3) is 0 Å². The second kappa shape index (κ2) is 2.70. The van der Waals surface area contributed by atoms with Gasteiger partial charge in [-0.15, -0.1) is 0 Å². The van der Waals surface area contributed by atoms with E-state index in [1.807, 2.05) is 6.92 Å². The maximum atomic E-state index is 11.5. The van der Waals surface area contributed by atoms with Crippen LogP contribution in [0.15, 0.2) is 18.2 Å². The van der Waals surface area contributed by atoms with Crippen molar-refractivity contribution in [1.82, 2.24) is 0 Å². The van der Waals surface area contributed by atoms with E-state index in [2.05, 4.69) is 25.1 Å². The fourth-order valence-electron chi connectivity index (χ4n) is 1.64. The van der Waals surface area contributed by atoms with Crippen molar-refractivity contribution in [3.8, 4) is 0 Å². The number of hydrogen-bond donors (Lipinski definition) is 0. The normalized spacial score (nSPS) is 27.2. The predicted octanol–water partition coefficient (Wildman–Crippen LogP) is 2.32. The van der Waals surface area contributed by atoms with Crippen LogP contribution in [0.2, 0.25) is 0 Å². The first-order valence-corrected chi connectivity index (χ1v) is 5.53. The summed E-state index contributed by atoms with van der Waals surface area (Å²) in [6, 6.07) is 6.35. The van der Waals surface area contributed by atoms with Gasteiger partial charge in [0.15, 0.2) is 0 Å². The van der Waals surface area contributed by atoms with E-state index < -0.39 is 10.8 Å². The minimum atomic E-state index is -0.672. The van der Waals surface area contributed by atoms with E-state index in [1.54, 1.807) is 0 Å². The highest BCUT2D eigenvalue weighted by atomic mass is 32.2. The van der Waals surface area contributed by atoms with Gasteiger partial charge in [0, 0.05) is 16.6 Å². The zero-order chi connectivity index (χ0) is 8.72. The molecule has 0 N–H and O–H groups in total. The lowest BCUT2D eigenvalue weighted by atomic mass is 10.0. The molecule has 1 unspecified atom stereocenters. The topological polar surface area (TPSA) is 17.1 Å². The highest BCUT2D eigenvalue weighted by molar-refractivity contribution is 7.84. The van der Waals surface area contributed by atoms with Crippen LogP contribution in [0.5, 0.6) is 0 Å². The molecular weight excluding hydrogens is 168 g/mol. The van der Waals surface area contributed by atoms with E-state index in [9.17, 15) is 4.21 Å².